The Labute approximate surface area is 151 Å². The molecule has 0 aromatic heterocycles. The Morgan fingerprint density at radius 2 is 2.05 bits per heavy atom. The van der Waals surface area contributed by atoms with Crippen molar-refractivity contribution in [2.75, 3.05) is 26.7 Å². The van der Waals surface area contributed by atoms with E-state index in [0.717, 1.165) is 38.5 Å². The molecule has 1 fully saturated rings. The minimum Gasteiger partial charge on any atom is -0.373 e. The van der Waals surface area contributed by atoms with Gasteiger partial charge in [-0.25, -0.2) is 0 Å². The van der Waals surface area contributed by atoms with Gasteiger partial charge < -0.3 is 15.4 Å². The number of guanidine groups is 1. The molecule has 1 aromatic rings. The molecule has 0 aliphatic carbocycles. The van der Waals surface area contributed by atoms with E-state index in [9.17, 15) is 0 Å². The van der Waals surface area contributed by atoms with E-state index in [4.69, 9.17) is 4.74 Å². The van der Waals surface area contributed by atoms with Crippen LogP contribution in [0.15, 0.2) is 35.3 Å². The van der Waals surface area contributed by atoms with Crippen LogP contribution in [0.2, 0.25) is 0 Å². The Morgan fingerprint density at radius 1 is 1.27 bits per heavy atom. The van der Waals surface area contributed by atoms with E-state index in [1.165, 1.54) is 12.0 Å². The second-order valence-electron chi connectivity index (χ2n) is 5.48. The van der Waals surface area contributed by atoms with Gasteiger partial charge in [-0.3, -0.25) is 4.99 Å². The van der Waals surface area contributed by atoms with Crippen molar-refractivity contribution < 1.29 is 4.74 Å². The molecule has 2 unspecified atom stereocenters. The molecule has 0 spiro atoms. The Kier molecular flexibility index (Phi) is 9.47. The largest absolute Gasteiger partial charge is 0.373 e. The van der Waals surface area contributed by atoms with Crippen molar-refractivity contribution in [2.45, 2.75) is 32.3 Å². The van der Waals surface area contributed by atoms with Gasteiger partial charge in [-0.2, -0.15) is 0 Å². The number of hydrogen-bond acceptors (Lipinski definition) is 2. The van der Waals surface area contributed by atoms with E-state index in [1.54, 1.807) is 0 Å². The Bertz CT molecular complexity index is 439. The molecule has 2 N–H and O–H groups in total. The lowest BCUT2D eigenvalue weighted by molar-refractivity contribution is -0.0265. The van der Waals surface area contributed by atoms with Crippen LogP contribution in [0.3, 0.4) is 0 Å². The third-order valence-electron chi connectivity index (χ3n) is 3.87. The third-order valence-corrected chi connectivity index (χ3v) is 3.87. The SMILES string of the molecule is CCCNC(=NC)NCC1CCCOC1c1ccccc1.I. The number of halogens is 1. The molecule has 5 heteroatoms. The summed E-state index contributed by atoms with van der Waals surface area (Å²) >= 11 is 0. The average Bonchev–Trinajstić information content (AvgIpc) is 2.56. The maximum Gasteiger partial charge on any atom is 0.190 e. The monoisotopic (exact) mass is 417 g/mol. The van der Waals surface area contributed by atoms with E-state index in [-0.39, 0.29) is 30.1 Å². The molecular weight excluding hydrogens is 389 g/mol. The molecule has 1 aliphatic rings. The molecule has 2 atom stereocenters. The predicted molar refractivity (Wildman–Crippen MR) is 103 cm³/mol. The van der Waals surface area contributed by atoms with Crippen LogP contribution in [-0.4, -0.2) is 32.7 Å². The van der Waals surface area contributed by atoms with Gasteiger partial charge in [-0.05, 0) is 24.8 Å². The number of hydrogen-bond donors (Lipinski definition) is 2. The molecular formula is C17H28IN3O. The minimum atomic E-state index is 0. The quantitative estimate of drug-likeness (QED) is 0.439. The molecule has 22 heavy (non-hydrogen) atoms. The summed E-state index contributed by atoms with van der Waals surface area (Å²) in [5, 5.41) is 6.74. The fraction of sp³-hybridized carbons (Fsp3) is 0.588. The number of nitrogens with zero attached hydrogens (tertiary/aromatic N) is 1. The number of nitrogens with one attached hydrogen (secondary N) is 2. The molecule has 2 rings (SSSR count). The lowest BCUT2D eigenvalue weighted by atomic mass is 9.89. The van der Waals surface area contributed by atoms with Crippen molar-refractivity contribution >= 4 is 29.9 Å². The van der Waals surface area contributed by atoms with E-state index in [1.807, 2.05) is 7.05 Å². The topological polar surface area (TPSA) is 45.7 Å². The van der Waals surface area contributed by atoms with E-state index in [0.29, 0.717) is 5.92 Å². The van der Waals surface area contributed by atoms with Crippen molar-refractivity contribution in [3.05, 3.63) is 35.9 Å². The van der Waals surface area contributed by atoms with Crippen LogP contribution in [0.1, 0.15) is 37.9 Å². The molecule has 124 valence electrons. The average molecular weight is 417 g/mol. The number of rotatable bonds is 5. The van der Waals surface area contributed by atoms with Crippen LogP contribution >= 0.6 is 24.0 Å². The molecule has 1 aromatic carbocycles. The Morgan fingerprint density at radius 3 is 2.73 bits per heavy atom. The summed E-state index contributed by atoms with van der Waals surface area (Å²) in [6, 6.07) is 10.5. The van der Waals surface area contributed by atoms with Crippen LogP contribution in [-0.2, 0) is 4.74 Å². The molecule has 0 radical (unpaired) electrons. The lowest BCUT2D eigenvalue weighted by Gasteiger charge is -2.32. The maximum absolute atomic E-state index is 6.02. The lowest BCUT2D eigenvalue weighted by Crippen LogP contribution is -2.42. The summed E-state index contributed by atoms with van der Waals surface area (Å²) < 4.78 is 6.02. The first-order chi connectivity index (χ1) is 10.3. The molecule has 4 nitrogen and oxygen atoms in total. The number of aliphatic imine (C=N–C) groups is 1. The van der Waals surface area contributed by atoms with Gasteiger partial charge in [0.1, 0.15) is 0 Å². The van der Waals surface area contributed by atoms with Crippen molar-refractivity contribution in [1.29, 1.82) is 0 Å². The zero-order valence-corrected chi connectivity index (χ0v) is 15.9. The van der Waals surface area contributed by atoms with Gasteiger partial charge in [0.2, 0.25) is 0 Å². The smallest absolute Gasteiger partial charge is 0.190 e. The first-order valence-electron chi connectivity index (χ1n) is 7.96. The molecule has 0 bridgehead atoms. The summed E-state index contributed by atoms with van der Waals surface area (Å²) in [6.45, 7) is 4.85. The summed E-state index contributed by atoms with van der Waals surface area (Å²) in [5.74, 6) is 1.37. The second-order valence-corrected chi connectivity index (χ2v) is 5.48. The van der Waals surface area contributed by atoms with E-state index < -0.39 is 0 Å². The van der Waals surface area contributed by atoms with Crippen LogP contribution in [0, 0.1) is 5.92 Å². The van der Waals surface area contributed by atoms with Crippen molar-refractivity contribution in [1.82, 2.24) is 10.6 Å². The van der Waals surface area contributed by atoms with E-state index in [2.05, 4.69) is 52.9 Å². The fourth-order valence-corrected chi connectivity index (χ4v) is 2.76. The number of ether oxygens (including phenoxy) is 1. The van der Waals surface area contributed by atoms with Crippen LogP contribution in [0.5, 0.6) is 0 Å². The molecule has 0 saturated carbocycles. The van der Waals surface area contributed by atoms with E-state index >= 15 is 0 Å². The number of benzene rings is 1. The standard InChI is InChI=1S/C17H27N3O.HI/c1-3-11-19-17(18-2)20-13-15-10-7-12-21-16(15)14-8-5-4-6-9-14;/h4-6,8-9,15-16H,3,7,10-13H2,1-2H3,(H2,18,19,20);1H. The molecule has 1 heterocycles. The first-order valence-corrected chi connectivity index (χ1v) is 7.96. The minimum absolute atomic E-state index is 0. The molecule has 0 amide bonds. The van der Waals surface area contributed by atoms with Gasteiger partial charge in [-0.15, -0.1) is 24.0 Å². The van der Waals surface area contributed by atoms with Crippen LogP contribution in [0.4, 0.5) is 0 Å². The Hall–Kier alpha value is -0.820. The zero-order chi connectivity index (χ0) is 14.9. The van der Waals surface area contributed by atoms with Gasteiger partial charge in [0.25, 0.3) is 0 Å². The normalized spacial score (nSPS) is 21.8. The molecule has 1 aliphatic heterocycles. The highest BCUT2D eigenvalue weighted by atomic mass is 127. The first kappa shape index (κ1) is 19.2. The predicted octanol–water partition coefficient (Wildman–Crippen LogP) is 3.35. The summed E-state index contributed by atoms with van der Waals surface area (Å²) in [7, 11) is 1.82. The van der Waals surface area contributed by atoms with Gasteiger partial charge in [-0.1, -0.05) is 37.3 Å². The van der Waals surface area contributed by atoms with Gasteiger partial charge >= 0.3 is 0 Å². The van der Waals surface area contributed by atoms with Crippen LogP contribution in [0.25, 0.3) is 0 Å². The van der Waals surface area contributed by atoms with Crippen molar-refractivity contribution in [2.24, 2.45) is 10.9 Å². The molecule has 1 saturated heterocycles. The van der Waals surface area contributed by atoms with Crippen molar-refractivity contribution in [3.8, 4) is 0 Å². The van der Waals surface area contributed by atoms with Gasteiger partial charge in [0, 0.05) is 32.7 Å². The second kappa shape index (κ2) is 10.8. The summed E-state index contributed by atoms with van der Waals surface area (Å²) in [5.41, 5.74) is 1.28. The van der Waals surface area contributed by atoms with Crippen LogP contribution < -0.4 is 10.6 Å². The summed E-state index contributed by atoms with van der Waals surface area (Å²) in [4.78, 5) is 4.26. The highest BCUT2D eigenvalue weighted by molar-refractivity contribution is 14.0. The third kappa shape index (κ3) is 5.76. The Balaban J connectivity index is 0.00000242. The zero-order valence-electron chi connectivity index (χ0n) is 13.5. The van der Waals surface area contributed by atoms with Gasteiger partial charge in [0.15, 0.2) is 5.96 Å². The fourth-order valence-electron chi connectivity index (χ4n) is 2.76. The maximum atomic E-state index is 6.02. The highest BCUT2D eigenvalue weighted by Crippen LogP contribution is 2.32. The van der Waals surface area contributed by atoms with Gasteiger partial charge in [0.05, 0.1) is 6.10 Å². The van der Waals surface area contributed by atoms with Crippen molar-refractivity contribution in [3.63, 3.8) is 0 Å². The summed E-state index contributed by atoms with van der Waals surface area (Å²) in [6.07, 6.45) is 3.62. The highest BCUT2D eigenvalue weighted by Gasteiger charge is 2.27.